The van der Waals surface area contributed by atoms with E-state index in [1.54, 1.807) is 6.20 Å². The number of amides is 1. The molecule has 1 fully saturated rings. The monoisotopic (exact) mass is 307 g/mol. The van der Waals surface area contributed by atoms with Crippen LogP contribution in [0.1, 0.15) is 52.1 Å². The highest BCUT2D eigenvalue weighted by Crippen LogP contribution is 2.22. The maximum Gasteiger partial charge on any atom is 0.407 e. The van der Waals surface area contributed by atoms with Gasteiger partial charge in [-0.25, -0.2) is 14.8 Å². The van der Waals surface area contributed by atoms with Gasteiger partial charge in [0.05, 0.1) is 0 Å². The van der Waals surface area contributed by atoms with E-state index < -0.39 is 5.60 Å². The van der Waals surface area contributed by atoms with Gasteiger partial charge in [-0.05, 0) is 59.4 Å². The molecule has 6 nitrogen and oxygen atoms in total. The summed E-state index contributed by atoms with van der Waals surface area (Å²) >= 11 is 0. The molecule has 1 aliphatic carbocycles. The highest BCUT2D eigenvalue weighted by Gasteiger charge is 2.26. The fourth-order valence-electron chi connectivity index (χ4n) is 2.43. The lowest BCUT2D eigenvalue weighted by Gasteiger charge is -2.29. The van der Waals surface area contributed by atoms with Gasteiger partial charge in [0.1, 0.15) is 11.7 Å². The van der Waals surface area contributed by atoms with Gasteiger partial charge in [0.25, 0.3) is 0 Å². The number of ether oxygens (including phenoxy) is 2. The molecule has 0 atom stereocenters. The largest absolute Gasteiger partial charge is 0.460 e. The third-order valence-electron chi connectivity index (χ3n) is 3.44. The molecule has 1 aromatic heterocycles. The van der Waals surface area contributed by atoms with Crippen LogP contribution in [0.4, 0.5) is 4.79 Å². The number of carbonyl (C=O) groups excluding carboxylic acids is 1. The Morgan fingerprint density at radius 2 is 1.95 bits per heavy atom. The number of hydrogen-bond donors (Lipinski definition) is 1. The topological polar surface area (TPSA) is 73.3 Å². The number of aromatic nitrogens is 2. The van der Waals surface area contributed by atoms with Crippen LogP contribution in [0, 0.1) is 6.92 Å². The van der Waals surface area contributed by atoms with Gasteiger partial charge in [0, 0.05) is 17.9 Å². The number of hydrogen-bond acceptors (Lipinski definition) is 5. The second kappa shape index (κ2) is 6.94. The average molecular weight is 307 g/mol. The molecule has 6 heteroatoms. The zero-order valence-corrected chi connectivity index (χ0v) is 13.8. The zero-order valence-electron chi connectivity index (χ0n) is 13.8. The Bertz CT molecular complexity index is 506. The van der Waals surface area contributed by atoms with Crippen LogP contribution in [0.2, 0.25) is 0 Å². The number of alkyl carbamates (subject to hydrolysis) is 1. The molecule has 122 valence electrons. The van der Waals surface area contributed by atoms with Gasteiger partial charge < -0.3 is 14.8 Å². The summed E-state index contributed by atoms with van der Waals surface area (Å²) in [6.45, 7) is 7.49. The normalized spacial score (nSPS) is 22.0. The van der Waals surface area contributed by atoms with Crippen LogP contribution in [0.3, 0.4) is 0 Å². The van der Waals surface area contributed by atoms with Crippen molar-refractivity contribution >= 4 is 6.09 Å². The first kappa shape index (κ1) is 16.5. The first-order valence-electron chi connectivity index (χ1n) is 7.77. The Hall–Kier alpha value is -1.85. The van der Waals surface area contributed by atoms with Crippen molar-refractivity contribution in [2.75, 3.05) is 0 Å². The molecule has 1 aliphatic rings. The van der Waals surface area contributed by atoms with Gasteiger partial charge in [-0.2, -0.15) is 0 Å². The summed E-state index contributed by atoms with van der Waals surface area (Å²) in [6, 6.07) is 2.42. The van der Waals surface area contributed by atoms with Gasteiger partial charge in [0.2, 0.25) is 0 Å². The Morgan fingerprint density at radius 1 is 1.27 bits per heavy atom. The van der Waals surface area contributed by atoms with Crippen LogP contribution in [0.25, 0.3) is 0 Å². The molecule has 0 saturated heterocycles. The number of nitrogens with one attached hydrogen (secondary N) is 1. The van der Waals surface area contributed by atoms with Crippen LogP contribution in [-0.2, 0) is 4.74 Å². The van der Waals surface area contributed by atoms with Gasteiger partial charge in [-0.15, -0.1) is 0 Å². The first-order valence-corrected chi connectivity index (χ1v) is 7.77. The first-order chi connectivity index (χ1) is 10.3. The van der Waals surface area contributed by atoms with Crippen molar-refractivity contribution in [3.05, 3.63) is 18.0 Å². The van der Waals surface area contributed by atoms with Crippen molar-refractivity contribution in [1.29, 1.82) is 0 Å². The second-order valence-electron chi connectivity index (χ2n) is 6.72. The molecule has 1 amide bonds. The summed E-state index contributed by atoms with van der Waals surface area (Å²) in [6.07, 6.45) is 4.95. The molecule has 1 heterocycles. The molecule has 0 unspecified atom stereocenters. The molecule has 1 saturated carbocycles. The minimum atomic E-state index is -0.465. The molecule has 0 bridgehead atoms. The van der Waals surface area contributed by atoms with Crippen molar-refractivity contribution in [3.63, 3.8) is 0 Å². The van der Waals surface area contributed by atoms with Crippen molar-refractivity contribution in [2.45, 2.75) is 71.1 Å². The van der Waals surface area contributed by atoms with E-state index in [4.69, 9.17) is 9.47 Å². The third kappa shape index (κ3) is 5.50. The third-order valence-corrected chi connectivity index (χ3v) is 3.44. The Kier molecular flexibility index (Phi) is 5.21. The maximum absolute atomic E-state index is 11.8. The summed E-state index contributed by atoms with van der Waals surface area (Å²) in [4.78, 5) is 20.1. The Morgan fingerprint density at radius 3 is 2.55 bits per heavy atom. The minimum Gasteiger partial charge on any atom is -0.460 e. The number of rotatable bonds is 3. The van der Waals surface area contributed by atoms with E-state index in [2.05, 4.69) is 15.3 Å². The van der Waals surface area contributed by atoms with E-state index in [0.717, 1.165) is 31.4 Å². The van der Waals surface area contributed by atoms with E-state index in [-0.39, 0.29) is 18.2 Å². The highest BCUT2D eigenvalue weighted by atomic mass is 16.6. The average Bonchev–Trinajstić information content (AvgIpc) is 2.39. The van der Waals surface area contributed by atoms with Crippen LogP contribution < -0.4 is 10.1 Å². The van der Waals surface area contributed by atoms with E-state index >= 15 is 0 Å². The molecule has 2 rings (SSSR count). The standard InChI is InChI=1S/C16H25N3O3/c1-11-9-10-17-14(18-11)21-13-7-5-12(6-8-13)19-15(20)22-16(2,3)4/h9-10,12-13H,5-8H2,1-4H3,(H,19,20). The fourth-order valence-corrected chi connectivity index (χ4v) is 2.43. The second-order valence-corrected chi connectivity index (χ2v) is 6.72. The lowest BCUT2D eigenvalue weighted by atomic mass is 9.93. The van der Waals surface area contributed by atoms with E-state index in [1.807, 2.05) is 33.8 Å². The maximum atomic E-state index is 11.8. The van der Waals surface area contributed by atoms with Crippen LogP contribution in [-0.4, -0.2) is 33.8 Å². The Balaban J connectivity index is 1.75. The highest BCUT2D eigenvalue weighted by molar-refractivity contribution is 5.68. The summed E-state index contributed by atoms with van der Waals surface area (Å²) in [5.74, 6) is 0. The summed E-state index contributed by atoms with van der Waals surface area (Å²) in [5.41, 5.74) is 0.428. The van der Waals surface area contributed by atoms with Gasteiger partial charge in [-0.1, -0.05) is 0 Å². The van der Waals surface area contributed by atoms with Gasteiger partial charge in [-0.3, -0.25) is 0 Å². The number of carbonyl (C=O) groups is 1. The molecule has 0 spiro atoms. The molecule has 1 N–H and O–H groups in total. The SMILES string of the molecule is Cc1ccnc(OC2CCC(NC(=O)OC(C)(C)C)CC2)n1. The van der Waals surface area contributed by atoms with Crippen molar-refractivity contribution in [2.24, 2.45) is 0 Å². The minimum absolute atomic E-state index is 0.110. The lowest BCUT2D eigenvalue weighted by molar-refractivity contribution is 0.0467. The molecule has 0 aliphatic heterocycles. The van der Waals surface area contributed by atoms with Gasteiger partial charge in [0.15, 0.2) is 0 Å². The predicted octanol–water partition coefficient (Wildman–Crippen LogP) is 3.00. The molecular weight excluding hydrogens is 282 g/mol. The predicted molar refractivity (Wildman–Crippen MR) is 82.8 cm³/mol. The number of aryl methyl sites for hydroxylation is 1. The quantitative estimate of drug-likeness (QED) is 0.929. The van der Waals surface area contributed by atoms with Crippen molar-refractivity contribution in [3.8, 4) is 6.01 Å². The van der Waals surface area contributed by atoms with Crippen LogP contribution >= 0.6 is 0 Å². The number of nitrogens with zero attached hydrogens (tertiary/aromatic N) is 2. The molecule has 0 aromatic carbocycles. The molecule has 1 aromatic rings. The molecule has 0 radical (unpaired) electrons. The van der Waals surface area contributed by atoms with Crippen LogP contribution in [0.15, 0.2) is 12.3 Å². The lowest BCUT2D eigenvalue weighted by Crippen LogP contribution is -2.42. The van der Waals surface area contributed by atoms with E-state index in [1.165, 1.54) is 0 Å². The van der Waals surface area contributed by atoms with Gasteiger partial charge >= 0.3 is 12.1 Å². The molecule has 22 heavy (non-hydrogen) atoms. The zero-order chi connectivity index (χ0) is 16.2. The van der Waals surface area contributed by atoms with Crippen molar-refractivity contribution in [1.82, 2.24) is 15.3 Å². The van der Waals surface area contributed by atoms with Crippen molar-refractivity contribution < 1.29 is 14.3 Å². The summed E-state index contributed by atoms with van der Waals surface area (Å²) < 4.78 is 11.1. The van der Waals surface area contributed by atoms with Crippen LogP contribution in [0.5, 0.6) is 6.01 Å². The summed E-state index contributed by atoms with van der Waals surface area (Å²) in [7, 11) is 0. The molecular formula is C16H25N3O3. The van der Waals surface area contributed by atoms with E-state index in [0.29, 0.717) is 6.01 Å². The fraction of sp³-hybridized carbons (Fsp3) is 0.688. The summed E-state index contributed by atoms with van der Waals surface area (Å²) in [5, 5.41) is 2.92. The van der Waals surface area contributed by atoms with E-state index in [9.17, 15) is 4.79 Å². The Labute approximate surface area is 131 Å². The smallest absolute Gasteiger partial charge is 0.407 e.